The minimum atomic E-state index is -2.11. The number of hydrogen-bond donors (Lipinski definition) is 0. The Morgan fingerprint density at radius 3 is 1.80 bits per heavy atom. The van der Waals surface area contributed by atoms with Crippen molar-refractivity contribution in [3.63, 3.8) is 0 Å². The first kappa shape index (κ1) is 17.4. The Balaban J connectivity index is 3.36. The van der Waals surface area contributed by atoms with Gasteiger partial charge in [0.05, 0.1) is 0 Å². The zero-order valence-electron chi connectivity index (χ0n) is 14.4. The molecule has 0 radical (unpaired) electrons. The summed E-state index contributed by atoms with van der Waals surface area (Å²) in [7, 11) is -2.11. The van der Waals surface area contributed by atoms with Crippen LogP contribution in [0.15, 0.2) is 30.3 Å². The van der Waals surface area contributed by atoms with Crippen molar-refractivity contribution in [1.29, 1.82) is 0 Å². The van der Waals surface area contributed by atoms with Crippen molar-refractivity contribution < 1.29 is 4.43 Å². The van der Waals surface area contributed by atoms with Gasteiger partial charge in [-0.15, -0.1) is 0 Å². The maximum Gasteiger partial charge on any atom is 0.234 e. The van der Waals surface area contributed by atoms with E-state index in [9.17, 15) is 0 Å². The van der Waals surface area contributed by atoms with Crippen LogP contribution >= 0.6 is 0 Å². The standard InChI is InChI=1S/C18H32OSi/c1-8-9-15-19-20(17(2,3)4,18(5,6)7)16-13-11-10-12-14-16/h10-14H,8-9,15H2,1-7H3. The first-order valence-electron chi connectivity index (χ1n) is 7.86. The van der Waals surface area contributed by atoms with Crippen molar-refractivity contribution in [2.75, 3.05) is 6.61 Å². The molecule has 0 amide bonds. The van der Waals surface area contributed by atoms with Crippen molar-refractivity contribution in [3.8, 4) is 0 Å². The Morgan fingerprint density at radius 1 is 0.900 bits per heavy atom. The van der Waals surface area contributed by atoms with Crippen LogP contribution in [0.25, 0.3) is 0 Å². The maximum atomic E-state index is 6.72. The molecule has 0 bridgehead atoms. The minimum absolute atomic E-state index is 0.167. The van der Waals surface area contributed by atoms with Crippen LogP contribution in [0.3, 0.4) is 0 Å². The molecular formula is C18H32OSi. The Kier molecular flexibility index (Phi) is 5.62. The molecule has 0 saturated heterocycles. The van der Waals surface area contributed by atoms with E-state index in [1.165, 1.54) is 11.6 Å². The summed E-state index contributed by atoms with van der Waals surface area (Å²) >= 11 is 0. The van der Waals surface area contributed by atoms with Gasteiger partial charge in [-0.05, 0) is 21.7 Å². The summed E-state index contributed by atoms with van der Waals surface area (Å²) in [6, 6.07) is 10.9. The third-order valence-corrected chi connectivity index (χ3v) is 10.1. The number of hydrogen-bond acceptors (Lipinski definition) is 1. The summed E-state index contributed by atoms with van der Waals surface area (Å²) in [6.07, 6.45) is 2.33. The zero-order chi connectivity index (χ0) is 15.4. The van der Waals surface area contributed by atoms with Crippen LogP contribution < -0.4 is 5.19 Å². The zero-order valence-corrected chi connectivity index (χ0v) is 15.4. The molecule has 1 aromatic rings. The van der Waals surface area contributed by atoms with Gasteiger partial charge in [-0.25, -0.2) is 0 Å². The van der Waals surface area contributed by atoms with Gasteiger partial charge in [-0.3, -0.25) is 0 Å². The Bertz CT molecular complexity index is 384. The molecule has 1 aromatic carbocycles. The van der Waals surface area contributed by atoms with Crippen molar-refractivity contribution in [3.05, 3.63) is 30.3 Å². The quantitative estimate of drug-likeness (QED) is 0.531. The van der Waals surface area contributed by atoms with Crippen molar-refractivity contribution in [2.24, 2.45) is 0 Å². The summed E-state index contributed by atoms with van der Waals surface area (Å²) in [6.45, 7) is 17.2. The van der Waals surface area contributed by atoms with Crippen molar-refractivity contribution >= 4 is 13.5 Å². The van der Waals surface area contributed by atoms with E-state index in [0.717, 1.165) is 13.0 Å². The van der Waals surface area contributed by atoms with Gasteiger partial charge in [0.2, 0.25) is 8.32 Å². The Hall–Kier alpha value is -0.603. The fraction of sp³-hybridized carbons (Fsp3) is 0.667. The SMILES string of the molecule is CCCCO[Si](c1ccccc1)(C(C)(C)C)C(C)(C)C. The van der Waals surface area contributed by atoms with E-state index in [1.54, 1.807) is 0 Å². The highest BCUT2D eigenvalue weighted by molar-refractivity contribution is 6.91. The van der Waals surface area contributed by atoms with E-state index in [2.05, 4.69) is 78.8 Å². The van der Waals surface area contributed by atoms with Gasteiger partial charge in [-0.2, -0.15) is 0 Å². The van der Waals surface area contributed by atoms with E-state index in [-0.39, 0.29) is 10.1 Å². The molecule has 1 rings (SSSR count). The highest BCUT2D eigenvalue weighted by Gasteiger charge is 2.56. The number of benzene rings is 1. The molecule has 0 unspecified atom stereocenters. The van der Waals surface area contributed by atoms with E-state index >= 15 is 0 Å². The van der Waals surface area contributed by atoms with E-state index in [1.807, 2.05) is 0 Å². The fourth-order valence-electron chi connectivity index (χ4n) is 3.55. The fourth-order valence-corrected chi connectivity index (χ4v) is 9.68. The van der Waals surface area contributed by atoms with Crippen molar-refractivity contribution in [1.82, 2.24) is 0 Å². The Morgan fingerprint density at radius 2 is 1.40 bits per heavy atom. The van der Waals surface area contributed by atoms with Gasteiger partial charge >= 0.3 is 0 Å². The highest BCUT2D eigenvalue weighted by atomic mass is 28.4. The molecule has 0 heterocycles. The van der Waals surface area contributed by atoms with E-state index in [0.29, 0.717) is 0 Å². The predicted molar refractivity (Wildman–Crippen MR) is 92.1 cm³/mol. The van der Waals surface area contributed by atoms with Gasteiger partial charge in [0.1, 0.15) is 0 Å². The van der Waals surface area contributed by atoms with Crippen molar-refractivity contribution in [2.45, 2.75) is 71.4 Å². The molecule has 0 saturated carbocycles. The molecule has 0 aliphatic carbocycles. The molecule has 0 atom stereocenters. The minimum Gasteiger partial charge on any atom is -0.411 e. The van der Waals surface area contributed by atoms with Crippen LogP contribution in [-0.4, -0.2) is 14.9 Å². The van der Waals surface area contributed by atoms with Gasteiger partial charge in [0.25, 0.3) is 0 Å². The van der Waals surface area contributed by atoms with Crippen LogP contribution in [0.4, 0.5) is 0 Å². The predicted octanol–water partition coefficient (Wildman–Crippen LogP) is 5.26. The number of rotatable bonds is 5. The molecule has 0 aromatic heterocycles. The lowest BCUT2D eigenvalue weighted by Gasteiger charge is -2.51. The molecule has 20 heavy (non-hydrogen) atoms. The molecule has 114 valence electrons. The first-order chi connectivity index (χ1) is 9.17. The molecule has 2 heteroatoms. The molecular weight excluding hydrogens is 260 g/mol. The largest absolute Gasteiger partial charge is 0.411 e. The molecule has 1 nitrogen and oxygen atoms in total. The first-order valence-corrected chi connectivity index (χ1v) is 9.77. The van der Waals surface area contributed by atoms with Crippen LogP contribution in [-0.2, 0) is 4.43 Å². The molecule has 0 fully saturated rings. The monoisotopic (exact) mass is 292 g/mol. The van der Waals surface area contributed by atoms with Gasteiger partial charge in [0, 0.05) is 6.61 Å². The second-order valence-electron chi connectivity index (χ2n) is 7.75. The second kappa shape index (κ2) is 6.44. The highest BCUT2D eigenvalue weighted by Crippen LogP contribution is 2.51. The van der Waals surface area contributed by atoms with Crippen LogP contribution in [0.5, 0.6) is 0 Å². The third-order valence-electron chi connectivity index (χ3n) is 4.11. The smallest absolute Gasteiger partial charge is 0.234 e. The molecule has 0 aliphatic heterocycles. The molecule has 0 N–H and O–H groups in total. The van der Waals surface area contributed by atoms with Gasteiger partial charge < -0.3 is 4.43 Å². The summed E-state index contributed by atoms with van der Waals surface area (Å²) < 4.78 is 6.72. The third kappa shape index (κ3) is 3.34. The summed E-state index contributed by atoms with van der Waals surface area (Å²) in [5, 5.41) is 1.76. The average molecular weight is 293 g/mol. The number of unbranched alkanes of at least 4 members (excludes halogenated alkanes) is 1. The second-order valence-corrected chi connectivity index (χ2v) is 13.0. The lowest BCUT2D eigenvalue weighted by Crippen LogP contribution is -2.63. The summed E-state index contributed by atoms with van der Waals surface area (Å²) in [5.41, 5.74) is 0. The topological polar surface area (TPSA) is 9.23 Å². The van der Waals surface area contributed by atoms with Gasteiger partial charge in [-0.1, -0.05) is 85.2 Å². The van der Waals surface area contributed by atoms with Gasteiger partial charge in [0.15, 0.2) is 0 Å². The summed E-state index contributed by atoms with van der Waals surface area (Å²) in [4.78, 5) is 0. The normalized spacial score (nSPS) is 13.6. The summed E-state index contributed by atoms with van der Waals surface area (Å²) in [5.74, 6) is 0. The van der Waals surface area contributed by atoms with E-state index in [4.69, 9.17) is 4.43 Å². The molecule has 0 spiro atoms. The lowest BCUT2D eigenvalue weighted by atomic mass is 10.2. The average Bonchev–Trinajstić information content (AvgIpc) is 2.32. The van der Waals surface area contributed by atoms with Crippen LogP contribution in [0.1, 0.15) is 61.3 Å². The van der Waals surface area contributed by atoms with Crippen LogP contribution in [0.2, 0.25) is 10.1 Å². The molecule has 0 aliphatic rings. The van der Waals surface area contributed by atoms with E-state index < -0.39 is 8.32 Å². The van der Waals surface area contributed by atoms with Crippen LogP contribution in [0, 0.1) is 0 Å². The Labute approximate surface area is 126 Å². The maximum absolute atomic E-state index is 6.72. The lowest BCUT2D eigenvalue weighted by molar-refractivity contribution is 0.262.